The lowest BCUT2D eigenvalue weighted by Gasteiger charge is -2.26. The van der Waals surface area contributed by atoms with Crippen LogP contribution in [0.15, 0.2) is 0 Å². The van der Waals surface area contributed by atoms with E-state index >= 15 is 0 Å². The normalized spacial score (nSPS) is 26.5. The van der Waals surface area contributed by atoms with Crippen molar-refractivity contribution in [1.29, 1.82) is 0 Å². The summed E-state index contributed by atoms with van der Waals surface area (Å²) in [6, 6.07) is 0. The maximum absolute atomic E-state index is 12.2. The van der Waals surface area contributed by atoms with Gasteiger partial charge in [0.2, 0.25) is 5.91 Å². The zero-order valence-corrected chi connectivity index (χ0v) is 12.7. The molecule has 1 aliphatic rings. The van der Waals surface area contributed by atoms with E-state index in [0.29, 0.717) is 25.8 Å². The minimum Gasteiger partial charge on any atom is -0.481 e. The van der Waals surface area contributed by atoms with Crippen LogP contribution in [-0.2, 0) is 9.59 Å². The standard InChI is InChI=1S/C15H27NO4/c1-10-7-11(12(8-10)14(19)20)13(18)16-9-15(2,3)5-4-6-17/h10-12,17H,4-9H2,1-3H3,(H,16,18)(H,19,20)/t10?,11-,12+/m0/s1. The molecule has 5 nitrogen and oxygen atoms in total. The van der Waals surface area contributed by atoms with Gasteiger partial charge in [-0.15, -0.1) is 0 Å². The summed E-state index contributed by atoms with van der Waals surface area (Å²) < 4.78 is 0. The zero-order chi connectivity index (χ0) is 15.3. The summed E-state index contributed by atoms with van der Waals surface area (Å²) in [5.74, 6) is -1.68. The molecule has 1 unspecified atom stereocenters. The van der Waals surface area contributed by atoms with Crippen LogP contribution in [0.5, 0.6) is 0 Å². The second-order valence-electron chi connectivity index (χ2n) is 6.84. The molecular weight excluding hydrogens is 258 g/mol. The van der Waals surface area contributed by atoms with E-state index in [9.17, 15) is 14.7 Å². The van der Waals surface area contributed by atoms with Gasteiger partial charge >= 0.3 is 5.97 Å². The second kappa shape index (κ2) is 7.07. The van der Waals surface area contributed by atoms with Crippen LogP contribution in [-0.4, -0.2) is 35.2 Å². The molecule has 0 aliphatic heterocycles. The SMILES string of the molecule is CC1C[C@H](C(=O)NCC(C)(C)CCCO)[C@H](C(=O)O)C1. The first-order valence-corrected chi connectivity index (χ1v) is 7.38. The number of hydrogen-bond donors (Lipinski definition) is 3. The Labute approximate surface area is 120 Å². The fourth-order valence-electron chi connectivity index (χ4n) is 2.96. The average molecular weight is 285 g/mol. The van der Waals surface area contributed by atoms with Gasteiger partial charge in [-0.1, -0.05) is 20.8 Å². The largest absolute Gasteiger partial charge is 0.481 e. The first-order chi connectivity index (χ1) is 9.26. The van der Waals surface area contributed by atoms with Gasteiger partial charge in [-0.05, 0) is 37.0 Å². The highest BCUT2D eigenvalue weighted by atomic mass is 16.4. The molecule has 0 aromatic heterocycles. The lowest BCUT2D eigenvalue weighted by molar-refractivity contribution is -0.146. The summed E-state index contributed by atoms with van der Waals surface area (Å²) in [7, 11) is 0. The van der Waals surface area contributed by atoms with Crippen LogP contribution in [0.1, 0.15) is 46.5 Å². The maximum atomic E-state index is 12.2. The van der Waals surface area contributed by atoms with Crippen LogP contribution in [0.25, 0.3) is 0 Å². The monoisotopic (exact) mass is 285 g/mol. The van der Waals surface area contributed by atoms with E-state index < -0.39 is 17.8 Å². The van der Waals surface area contributed by atoms with Crippen molar-refractivity contribution in [1.82, 2.24) is 5.32 Å². The third-order valence-corrected chi connectivity index (χ3v) is 4.21. The van der Waals surface area contributed by atoms with Crippen molar-refractivity contribution < 1.29 is 19.8 Å². The quantitative estimate of drug-likeness (QED) is 0.664. The molecule has 1 rings (SSSR count). The van der Waals surface area contributed by atoms with E-state index in [1.807, 2.05) is 20.8 Å². The molecule has 0 saturated heterocycles. The van der Waals surface area contributed by atoms with E-state index in [0.717, 1.165) is 6.42 Å². The van der Waals surface area contributed by atoms with Gasteiger partial charge in [0.05, 0.1) is 11.8 Å². The Balaban J connectivity index is 2.51. The van der Waals surface area contributed by atoms with E-state index in [1.165, 1.54) is 0 Å². The van der Waals surface area contributed by atoms with E-state index in [4.69, 9.17) is 5.11 Å². The third-order valence-electron chi connectivity index (χ3n) is 4.21. The number of amides is 1. The Bertz CT molecular complexity index is 354. The summed E-state index contributed by atoms with van der Waals surface area (Å²) in [5, 5.41) is 20.9. The molecule has 0 aromatic rings. The maximum Gasteiger partial charge on any atom is 0.307 e. The highest BCUT2D eigenvalue weighted by molar-refractivity contribution is 5.85. The zero-order valence-electron chi connectivity index (χ0n) is 12.7. The first-order valence-electron chi connectivity index (χ1n) is 7.38. The number of aliphatic hydroxyl groups is 1. The fraction of sp³-hybridized carbons (Fsp3) is 0.867. The average Bonchev–Trinajstić information content (AvgIpc) is 2.76. The van der Waals surface area contributed by atoms with Gasteiger partial charge in [-0.3, -0.25) is 9.59 Å². The number of nitrogens with one attached hydrogen (secondary N) is 1. The van der Waals surface area contributed by atoms with Crippen LogP contribution in [0.3, 0.4) is 0 Å². The molecule has 3 atom stereocenters. The molecule has 1 aliphatic carbocycles. The van der Waals surface area contributed by atoms with Gasteiger partial charge in [-0.25, -0.2) is 0 Å². The Morgan fingerprint density at radius 3 is 2.40 bits per heavy atom. The van der Waals surface area contributed by atoms with Crippen molar-refractivity contribution in [2.45, 2.75) is 46.5 Å². The van der Waals surface area contributed by atoms with E-state index in [2.05, 4.69) is 5.32 Å². The Morgan fingerprint density at radius 1 is 1.25 bits per heavy atom. The molecular formula is C15H27NO4. The van der Waals surface area contributed by atoms with Crippen LogP contribution >= 0.6 is 0 Å². The van der Waals surface area contributed by atoms with Crippen LogP contribution in [0.4, 0.5) is 0 Å². The molecule has 0 radical (unpaired) electrons. The van der Waals surface area contributed by atoms with Crippen molar-refractivity contribution >= 4 is 11.9 Å². The van der Waals surface area contributed by atoms with Gasteiger partial charge in [0.25, 0.3) is 0 Å². The van der Waals surface area contributed by atoms with Gasteiger partial charge in [0.1, 0.15) is 0 Å². The minimum atomic E-state index is -0.867. The molecule has 1 amide bonds. The molecule has 0 spiro atoms. The van der Waals surface area contributed by atoms with Crippen LogP contribution in [0, 0.1) is 23.2 Å². The number of carboxylic acid groups (broad SMARTS) is 1. The minimum absolute atomic E-state index is 0.0820. The Morgan fingerprint density at radius 2 is 1.85 bits per heavy atom. The van der Waals surface area contributed by atoms with Crippen molar-refractivity contribution in [2.75, 3.05) is 13.2 Å². The molecule has 116 valence electrons. The molecule has 20 heavy (non-hydrogen) atoms. The number of hydrogen-bond acceptors (Lipinski definition) is 3. The lowest BCUT2D eigenvalue weighted by atomic mass is 9.87. The summed E-state index contributed by atoms with van der Waals surface area (Å²) >= 11 is 0. The number of carbonyl (C=O) groups is 2. The molecule has 0 bridgehead atoms. The summed E-state index contributed by atoms with van der Waals surface area (Å²) in [6.07, 6.45) is 2.77. The summed E-state index contributed by atoms with van der Waals surface area (Å²) in [5.41, 5.74) is -0.0820. The number of carboxylic acids is 1. The molecule has 3 N–H and O–H groups in total. The molecule has 1 fully saturated rings. The summed E-state index contributed by atoms with van der Waals surface area (Å²) in [4.78, 5) is 23.4. The van der Waals surface area contributed by atoms with Crippen LogP contribution < -0.4 is 5.32 Å². The molecule has 1 saturated carbocycles. The van der Waals surface area contributed by atoms with Gasteiger partial charge in [-0.2, -0.15) is 0 Å². The van der Waals surface area contributed by atoms with E-state index in [1.54, 1.807) is 0 Å². The Kier molecular flexibility index (Phi) is 5.99. The lowest BCUT2D eigenvalue weighted by Crippen LogP contribution is -2.40. The van der Waals surface area contributed by atoms with Crippen molar-refractivity contribution in [3.63, 3.8) is 0 Å². The highest BCUT2D eigenvalue weighted by Crippen LogP contribution is 2.36. The van der Waals surface area contributed by atoms with Crippen molar-refractivity contribution in [2.24, 2.45) is 23.2 Å². The summed E-state index contributed by atoms with van der Waals surface area (Å²) in [6.45, 7) is 6.74. The number of aliphatic hydroxyl groups excluding tert-OH is 1. The third kappa shape index (κ3) is 4.78. The predicted octanol–water partition coefficient (Wildman–Crippen LogP) is 1.65. The second-order valence-corrected chi connectivity index (χ2v) is 6.84. The number of aliphatic carboxylic acids is 1. The van der Waals surface area contributed by atoms with Gasteiger partial charge < -0.3 is 15.5 Å². The van der Waals surface area contributed by atoms with Gasteiger partial charge in [0.15, 0.2) is 0 Å². The smallest absolute Gasteiger partial charge is 0.307 e. The highest BCUT2D eigenvalue weighted by Gasteiger charge is 2.41. The van der Waals surface area contributed by atoms with Gasteiger partial charge in [0, 0.05) is 13.2 Å². The van der Waals surface area contributed by atoms with Crippen molar-refractivity contribution in [3.05, 3.63) is 0 Å². The predicted molar refractivity (Wildman–Crippen MR) is 76.1 cm³/mol. The van der Waals surface area contributed by atoms with Crippen LogP contribution in [0.2, 0.25) is 0 Å². The number of rotatable bonds is 7. The molecule has 0 heterocycles. The molecule has 5 heteroatoms. The first kappa shape index (κ1) is 17.0. The fourth-order valence-corrected chi connectivity index (χ4v) is 2.96. The van der Waals surface area contributed by atoms with Crippen molar-refractivity contribution in [3.8, 4) is 0 Å². The molecule has 0 aromatic carbocycles. The Hall–Kier alpha value is -1.10. The topological polar surface area (TPSA) is 86.6 Å². The number of carbonyl (C=O) groups excluding carboxylic acids is 1. The van der Waals surface area contributed by atoms with E-state index in [-0.39, 0.29) is 23.8 Å².